The van der Waals surface area contributed by atoms with Gasteiger partial charge < -0.3 is 29.9 Å². The third kappa shape index (κ3) is 5.16. The molecule has 2 amide bonds. The number of hydrogen-bond donors (Lipinski definition) is 2. The quantitative estimate of drug-likeness (QED) is 0.273. The Morgan fingerprint density at radius 2 is 1.83 bits per heavy atom. The van der Waals surface area contributed by atoms with Gasteiger partial charge in [-0.2, -0.15) is 4.98 Å². The Morgan fingerprint density at radius 1 is 1.05 bits per heavy atom. The Balaban J connectivity index is 1.23. The van der Waals surface area contributed by atoms with Crippen LogP contribution in [0.25, 0.3) is 27.8 Å². The highest BCUT2D eigenvalue weighted by molar-refractivity contribution is 6.35. The Hall–Kier alpha value is -4.84. The number of ether oxygens (including phenoxy) is 2. The van der Waals surface area contributed by atoms with Crippen molar-refractivity contribution >= 4 is 51.6 Å². The van der Waals surface area contributed by atoms with Crippen molar-refractivity contribution in [2.45, 2.75) is 12.5 Å². The Morgan fingerprint density at radius 3 is 2.57 bits per heavy atom. The third-order valence-corrected chi connectivity index (χ3v) is 7.61. The van der Waals surface area contributed by atoms with Gasteiger partial charge in [-0.15, -0.1) is 10.2 Å². The normalized spacial score (nSPS) is 14.8. The highest BCUT2D eigenvalue weighted by atomic mass is 35.5. The van der Waals surface area contributed by atoms with Gasteiger partial charge in [0, 0.05) is 73.4 Å². The van der Waals surface area contributed by atoms with E-state index in [0.29, 0.717) is 45.9 Å². The van der Waals surface area contributed by atoms with Crippen LogP contribution in [0, 0.1) is 0 Å². The molecule has 0 saturated carbocycles. The van der Waals surface area contributed by atoms with E-state index < -0.39 is 0 Å². The number of aromatic nitrogens is 5. The lowest BCUT2D eigenvalue weighted by Crippen LogP contribution is -2.38. The maximum atomic E-state index is 12.2. The molecule has 3 aromatic heterocycles. The molecule has 1 fully saturated rings. The molecule has 0 bridgehead atoms. The van der Waals surface area contributed by atoms with Crippen LogP contribution in [0.3, 0.4) is 0 Å². The van der Waals surface area contributed by atoms with Crippen molar-refractivity contribution in [1.82, 2.24) is 34.4 Å². The number of hydrogen-bond acceptors (Lipinski definition) is 9. The molecule has 42 heavy (non-hydrogen) atoms. The third-order valence-electron chi connectivity index (χ3n) is 7.22. The van der Waals surface area contributed by atoms with Crippen molar-refractivity contribution in [3.8, 4) is 22.6 Å². The first-order valence-electron chi connectivity index (χ1n) is 13.4. The van der Waals surface area contributed by atoms with Crippen LogP contribution in [0.5, 0.6) is 11.5 Å². The molecule has 6 rings (SSSR count). The number of pyridine rings is 1. The Bertz CT molecular complexity index is 1770. The van der Waals surface area contributed by atoms with E-state index in [9.17, 15) is 4.79 Å². The lowest BCUT2D eigenvalue weighted by molar-refractivity contribution is 0.181. The van der Waals surface area contributed by atoms with Crippen LogP contribution in [0.15, 0.2) is 55.0 Å². The minimum Gasteiger partial charge on any atom is -0.497 e. The number of urea groups is 1. The van der Waals surface area contributed by atoms with Gasteiger partial charge in [0.25, 0.3) is 0 Å². The van der Waals surface area contributed by atoms with Gasteiger partial charge in [0.15, 0.2) is 11.3 Å². The van der Waals surface area contributed by atoms with Gasteiger partial charge in [-0.1, -0.05) is 11.6 Å². The van der Waals surface area contributed by atoms with Crippen molar-refractivity contribution in [1.29, 1.82) is 0 Å². The van der Waals surface area contributed by atoms with Crippen LogP contribution in [0.4, 0.5) is 22.1 Å². The summed E-state index contributed by atoms with van der Waals surface area (Å²) in [6, 6.07) is 13.7. The lowest BCUT2D eigenvalue weighted by Gasteiger charge is -2.21. The zero-order valence-electron chi connectivity index (χ0n) is 23.6. The molecule has 2 aromatic carbocycles. The van der Waals surface area contributed by atoms with Crippen molar-refractivity contribution < 1.29 is 14.3 Å². The number of nitrogens with zero attached hydrogens (tertiary/aromatic N) is 7. The molecule has 0 unspecified atom stereocenters. The highest BCUT2D eigenvalue weighted by Gasteiger charge is 2.27. The van der Waals surface area contributed by atoms with Gasteiger partial charge in [-0.05, 0) is 42.8 Å². The predicted molar refractivity (Wildman–Crippen MR) is 162 cm³/mol. The van der Waals surface area contributed by atoms with Gasteiger partial charge in [-0.25, -0.2) is 9.78 Å². The molecule has 216 valence electrons. The monoisotopic (exact) mass is 587 g/mol. The van der Waals surface area contributed by atoms with E-state index in [4.69, 9.17) is 26.1 Å². The summed E-state index contributed by atoms with van der Waals surface area (Å²) >= 11 is 6.69. The zero-order valence-corrected chi connectivity index (χ0v) is 24.4. The number of carbonyl (C=O) groups is 1. The number of likely N-dealkylation sites (tertiary alicyclic amines) is 1. The standard InChI is InChI=1S/C29H30ClN9O3/c1-37(2)29(40)38-10-9-20(15-38)33-18-5-7-19(8-6-18)34-28-31-14-17-11-23(27-36-32-16-39(27)26(17)35-28)22-12-21(41-3)13-24(42-4)25(22)30/h5-8,11-14,16,20,33H,9-10,15H2,1-4H3,(H,31,34,35)/t20-/m0/s1. The highest BCUT2D eigenvalue weighted by Crippen LogP contribution is 2.41. The van der Waals surface area contributed by atoms with Crippen LogP contribution in [-0.2, 0) is 0 Å². The number of anilines is 3. The SMILES string of the molecule is COc1cc(OC)c(Cl)c(-c2cc3cnc(Nc4ccc(N[C@H]5CCN(C(=O)N(C)C)C5)cc4)nc3n3cnnc23)c1. The van der Waals surface area contributed by atoms with E-state index in [1.165, 1.54) is 0 Å². The molecule has 4 heterocycles. The topological polar surface area (TPSA) is 122 Å². The molecule has 13 heteroatoms. The number of carbonyl (C=O) groups excluding carboxylic acids is 1. The van der Waals surface area contributed by atoms with Crippen LogP contribution in [0.2, 0.25) is 5.02 Å². The predicted octanol–water partition coefficient (Wildman–Crippen LogP) is 4.92. The fourth-order valence-electron chi connectivity index (χ4n) is 5.11. The smallest absolute Gasteiger partial charge is 0.319 e. The van der Waals surface area contributed by atoms with Crippen LogP contribution >= 0.6 is 11.6 Å². The van der Waals surface area contributed by atoms with Gasteiger partial charge >= 0.3 is 6.03 Å². The van der Waals surface area contributed by atoms with E-state index in [0.717, 1.165) is 35.3 Å². The fourth-order valence-corrected chi connectivity index (χ4v) is 5.40. The molecule has 0 aliphatic carbocycles. The van der Waals surface area contributed by atoms with Gasteiger partial charge in [-0.3, -0.25) is 4.40 Å². The first kappa shape index (κ1) is 27.3. The Labute approximate surface area is 247 Å². The second kappa shape index (κ2) is 11.2. The van der Waals surface area contributed by atoms with Crippen molar-refractivity contribution in [3.05, 3.63) is 60.0 Å². The maximum Gasteiger partial charge on any atom is 0.319 e. The number of nitrogens with one attached hydrogen (secondary N) is 2. The Kier molecular flexibility index (Phi) is 7.29. The molecule has 1 aliphatic heterocycles. The molecule has 0 radical (unpaired) electrons. The van der Waals surface area contributed by atoms with Crippen molar-refractivity contribution in [2.24, 2.45) is 0 Å². The van der Waals surface area contributed by atoms with Gasteiger partial charge in [0.1, 0.15) is 17.8 Å². The number of methoxy groups -OCH3 is 2. The number of rotatable bonds is 7. The number of benzene rings is 2. The molecular weight excluding hydrogens is 558 g/mol. The average Bonchev–Trinajstić information content (AvgIpc) is 3.68. The second-order valence-electron chi connectivity index (χ2n) is 10.2. The van der Waals surface area contributed by atoms with E-state index in [-0.39, 0.29) is 12.1 Å². The van der Waals surface area contributed by atoms with Crippen molar-refractivity contribution in [3.63, 3.8) is 0 Å². The number of halogens is 1. The fraction of sp³-hybridized carbons (Fsp3) is 0.276. The average molecular weight is 588 g/mol. The molecule has 1 atom stereocenters. The zero-order chi connectivity index (χ0) is 29.4. The second-order valence-corrected chi connectivity index (χ2v) is 10.6. The van der Waals surface area contributed by atoms with Crippen LogP contribution in [-0.4, -0.2) is 87.8 Å². The summed E-state index contributed by atoms with van der Waals surface area (Å²) in [6.45, 7) is 1.42. The lowest BCUT2D eigenvalue weighted by atomic mass is 10.0. The van der Waals surface area contributed by atoms with E-state index in [2.05, 4.69) is 25.8 Å². The maximum absolute atomic E-state index is 12.2. The molecule has 0 spiro atoms. The summed E-state index contributed by atoms with van der Waals surface area (Å²) in [7, 11) is 6.69. The van der Waals surface area contributed by atoms with Gasteiger partial charge in [0.2, 0.25) is 5.95 Å². The summed E-state index contributed by atoms with van der Waals surface area (Å²) in [6.07, 6.45) is 4.26. The summed E-state index contributed by atoms with van der Waals surface area (Å²) in [5.41, 5.74) is 4.47. The molecule has 1 saturated heterocycles. The largest absolute Gasteiger partial charge is 0.497 e. The first-order chi connectivity index (χ1) is 20.3. The number of fused-ring (bicyclic) bond motifs is 3. The molecule has 12 nitrogen and oxygen atoms in total. The first-order valence-corrected chi connectivity index (χ1v) is 13.7. The molecule has 5 aromatic rings. The summed E-state index contributed by atoms with van der Waals surface area (Å²) in [4.78, 5) is 25.0. The summed E-state index contributed by atoms with van der Waals surface area (Å²) in [5, 5.41) is 16.5. The molecular formula is C29H30ClN9O3. The van der Waals surface area contributed by atoms with E-state index in [1.54, 1.807) is 56.2 Å². The minimum atomic E-state index is 0.0403. The summed E-state index contributed by atoms with van der Waals surface area (Å²) < 4.78 is 12.7. The van der Waals surface area contributed by atoms with Crippen LogP contribution < -0.4 is 20.1 Å². The summed E-state index contributed by atoms with van der Waals surface area (Å²) in [5.74, 6) is 1.52. The van der Waals surface area contributed by atoms with Gasteiger partial charge in [0.05, 0.1) is 19.2 Å². The van der Waals surface area contributed by atoms with E-state index >= 15 is 0 Å². The molecule has 2 N–H and O–H groups in total. The van der Waals surface area contributed by atoms with Crippen LogP contribution in [0.1, 0.15) is 6.42 Å². The number of amides is 2. The van der Waals surface area contributed by atoms with E-state index in [1.807, 2.05) is 41.3 Å². The molecule has 1 aliphatic rings. The van der Waals surface area contributed by atoms with Crippen molar-refractivity contribution in [2.75, 3.05) is 52.0 Å². The minimum absolute atomic E-state index is 0.0403.